The average molecular weight is 245 g/mol. The highest BCUT2D eigenvalue weighted by Gasteiger charge is 2.12. The smallest absolute Gasteiger partial charge is 0.149 e. The molecule has 1 rings (SSSR count). The van der Waals surface area contributed by atoms with E-state index in [0.29, 0.717) is 6.54 Å². The first-order valence-electron chi connectivity index (χ1n) is 5.22. The minimum absolute atomic E-state index is 0.128. The van der Waals surface area contributed by atoms with Crippen molar-refractivity contribution in [3.63, 3.8) is 0 Å². The predicted octanol–water partition coefficient (Wildman–Crippen LogP) is 0.517. The first-order chi connectivity index (χ1) is 7.35. The second kappa shape index (κ2) is 4.97. The fraction of sp³-hybridized carbons (Fsp3) is 0.700. The minimum atomic E-state index is -2.93. The molecule has 1 aromatic rings. The fourth-order valence-corrected chi connectivity index (χ4v) is 2.02. The number of aromatic nitrogens is 2. The van der Waals surface area contributed by atoms with Crippen molar-refractivity contribution in [2.45, 2.75) is 26.4 Å². The van der Waals surface area contributed by atoms with Crippen LogP contribution in [-0.4, -0.2) is 37.3 Å². The minimum Gasteiger partial charge on any atom is -0.313 e. The van der Waals surface area contributed by atoms with Gasteiger partial charge < -0.3 is 5.32 Å². The largest absolute Gasteiger partial charge is 0.313 e. The van der Waals surface area contributed by atoms with E-state index in [1.165, 1.54) is 6.26 Å². The summed E-state index contributed by atoms with van der Waals surface area (Å²) in [4.78, 5) is 0. The summed E-state index contributed by atoms with van der Waals surface area (Å²) in [7, 11) is -1.05. The fourth-order valence-electron chi connectivity index (χ4n) is 1.52. The molecule has 92 valence electrons. The molecule has 0 aliphatic rings. The Bertz CT molecular complexity index is 451. The molecule has 1 atom stereocenters. The molecule has 6 heteroatoms. The average Bonchev–Trinajstić information content (AvgIpc) is 2.55. The van der Waals surface area contributed by atoms with Crippen LogP contribution in [0, 0.1) is 6.92 Å². The number of rotatable bonds is 5. The lowest BCUT2D eigenvalue weighted by atomic mass is 10.1. The van der Waals surface area contributed by atoms with Crippen LogP contribution in [0.15, 0.2) is 6.20 Å². The van der Waals surface area contributed by atoms with Gasteiger partial charge in [-0.15, -0.1) is 0 Å². The summed E-state index contributed by atoms with van der Waals surface area (Å²) in [5.74, 6) is 0.128. The van der Waals surface area contributed by atoms with Crippen LogP contribution in [0.25, 0.3) is 0 Å². The maximum atomic E-state index is 11.1. The third kappa shape index (κ3) is 3.31. The van der Waals surface area contributed by atoms with Gasteiger partial charge in [0.15, 0.2) is 0 Å². The Labute approximate surface area is 96.8 Å². The summed E-state index contributed by atoms with van der Waals surface area (Å²) in [5.41, 5.74) is 2.13. The van der Waals surface area contributed by atoms with Crippen LogP contribution in [0.5, 0.6) is 0 Å². The van der Waals surface area contributed by atoms with Crippen molar-refractivity contribution in [2.24, 2.45) is 0 Å². The van der Waals surface area contributed by atoms with Gasteiger partial charge in [-0.25, -0.2) is 8.42 Å². The van der Waals surface area contributed by atoms with E-state index in [0.717, 1.165) is 11.3 Å². The van der Waals surface area contributed by atoms with Gasteiger partial charge in [0.25, 0.3) is 0 Å². The summed E-state index contributed by atoms with van der Waals surface area (Å²) < 4.78 is 23.9. The SMILES string of the molecule is CNC(C)c1cnn(CCS(C)(=O)=O)c1C. The Hall–Kier alpha value is -0.880. The maximum Gasteiger partial charge on any atom is 0.149 e. The molecule has 0 saturated carbocycles. The molecule has 0 amide bonds. The number of hydrogen-bond donors (Lipinski definition) is 1. The van der Waals surface area contributed by atoms with Crippen molar-refractivity contribution in [1.82, 2.24) is 15.1 Å². The highest BCUT2D eigenvalue weighted by atomic mass is 32.2. The topological polar surface area (TPSA) is 64.0 Å². The lowest BCUT2D eigenvalue weighted by molar-refractivity contribution is 0.580. The molecular weight excluding hydrogens is 226 g/mol. The molecule has 0 bridgehead atoms. The standard InChI is InChI=1S/C10H19N3O2S/c1-8(11-3)10-7-12-13(9(10)2)5-6-16(4,14)15/h7-8,11H,5-6H2,1-4H3. The Morgan fingerprint density at radius 1 is 1.56 bits per heavy atom. The van der Waals surface area contributed by atoms with Gasteiger partial charge in [-0.1, -0.05) is 0 Å². The second-order valence-electron chi connectivity index (χ2n) is 4.05. The van der Waals surface area contributed by atoms with Gasteiger partial charge in [0.05, 0.1) is 18.5 Å². The van der Waals surface area contributed by atoms with E-state index >= 15 is 0 Å². The van der Waals surface area contributed by atoms with Crippen LogP contribution < -0.4 is 5.32 Å². The molecular formula is C10H19N3O2S. The molecule has 0 saturated heterocycles. The zero-order valence-corrected chi connectivity index (χ0v) is 11.0. The van der Waals surface area contributed by atoms with Crippen LogP contribution in [0.4, 0.5) is 0 Å². The number of nitrogens with one attached hydrogen (secondary N) is 1. The van der Waals surface area contributed by atoms with Crippen molar-refractivity contribution in [3.8, 4) is 0 Å². The van der Waals surface area contributed by atoms with Crippen molar-refractivity contribution >= 4 is 9.84 Å². The Kier molecular flexibility index (Phi) is 4.09. The summed E-state index contributed by atoms with van der Waals surface area (Å²) in [5, 5.41) is 7.34. The Morgan fingerprint density at radius 2 is 2.19 bits per heavy atom. The van der Waals surface area contributed by atoms with Gasteiger partial charge in [-0.3, -0.25) is 4.68 Å². The lowest BCUT2D eigenvalue weighted by Crippen LogP contribution is -2.15. The van der Waals surface area contributed by atoms with Gasteiger partial charge in [0, 0.05) is 23.6 Å². The normalized spacial score (nSPS) is 14.0. The molecule has 1 heterocycles. The van der Waals surface area contributed by atoms with Crippen LogP contribution in [0.3, 0.4) is 0 Å². The summed E-state index contributed by atoms with van der Waals surface area (Å²) in [6.07, 6.45) is 3.03. The van der Waals surface area contributed by atoms with E-state index in [1.54, 1.807) is 10.9 Å². The van der Waals surface area contributed by atoms with Crippen LogP contribution in [0.1, 0.15) is 24.2 Å². The predicted molar refractivity (Wildman–Crippen MR) is 64.1 cm³/mol. The number of hydrogen-bond acceptors (Lipinski definition) is 4. The van der Waals surface area contributed by atoms with E-state index < -0.39 is 9.84 Å². The Balaban J connectivity index is 2.80. The molecule has 0 radical (unpaired) electrons. The number of nitrogens with zero attached hydrogens (tertiary/aromatic N) is 2. The molecule has 1 N–H and O–H groups in total. The van der Waals surface area contributed by atoms with Crippen molar-refractivity contribution in [2.75, 3.05) is 19.1 Å². The van der Waals surface area contributed by atoms with Gasteiger partial charge in [0.1, 0.15) is 9.84 Å². The highest BCUT2D eigenvalue weighted by Crippen LogP contribution is 2.15. The van der Waals surface area contributed by atoms with Crippen LogP contribution >= 0.6 is 0 Å². The quantitative estimate of drug-likeness (QED) is 0.821. The number of sulfone groups is 1. The first-order valence-corrected chi connectivity index (χ1v) is 7.28. The molecule has 1 unspecified atom stereocenters. The van der Waals surface area contributed by atoms with E-state index in [1.807, 2.05) is 20.9 Å². The molecule has 1 aromatic heterocycles. The van der Waals surface area contributed by atoms with Gasteiger partial charge >= 0.3 is 0 Å². The van der Waals surface area contributed by atoms with Crippen LogP contribution in [0.2, 0.25) is 0 Å². The highest BCUT2D eigenvalue weighted by molar-refractivity contribution is 7.90. The van der Waals surface area contributed by atoms with Gasteiger partial charge in [-0.2, -0.15) is 5.10 Å². The first kappa shape index (κ1) is 13.2. The molecule has 0 aliphatic carbocycles. The maximum absolute atomic E-state index is 11.1. The molecule has 0 fully saturated rings. The van der Waals surface area contributed by atoms with Crippen molar-refractivity contribution in [3.05, 3.63) is 17.5 Å². The number of aryl methyl sites for hydroxylation is 1. The Morgan fingerprint density at radius 3 is 2.69 bits per heavy atom. The monoisotopic (exact) mass is 245 g/mol. The molecule has 16 heavy (non-hydrogen) atoms. The zero-order chi connectivity index (χ0) is 12.3. The third-order valence-electron chi connectivity index (χ3n) is 2.71. The van der Waals surface area contributed by atoms with Crippen molar-refractivity contribution < 1.29 is 8.42 Å². The molecule has 0 spiro atoms. The van der Waals surface area contributed by atoms with E-state index in [2.05, 4.69) is 10.4 Å². The molecule has 0 aliphatic heterocycles. The summed E-state index contributed by atoms with van der Waals surface area (Å²) in [6.45, 7) is 4.42. The van der Waals surface area contributed by atoms with E-state index in [-0.39, 0.29) is 11.8 Å². The van der Waals surface area contributed by atoms with E-state index in [9.17, 15) is 8.42 Å². The second-order valence-corrected chi connectivity index (χ2v) is 6.31. The summed E-state index contributed by atoms with van der Waals surface area (Å²) >= 11 is 0. The molecule has 5 nitrogen and oxygen atoms in total. The van der Waals surface area contributed by atoms with Crippen LogP contribution in [-0.2, 0) is 16.4 Å². The van der Waals surface area contributed by atoms with Gasteiger partial charge in [0.2, 0.25) is 0 Å². The lowest BCUT2D eigenvalue weighted by Gasteiger charge is -2.10. The summed E-state index contributed by atoms with van der Waals surface area (Å²) in [6, 6.07) is 0.229. The molecule has 0 aromatic carbocycles. The van der Waals surface area contributed by atoms with Gasteiger partial charge in [-0.05, 0) is 20.9 Å². The third-order valence-corrected chi connectivity index (χ3v) is 3.64. The van der Waals surface area contributed by atoms with E-state index in [4.69, 9.17) is 0 Å². The van der Waals surface area contributed by atoms with Crippen molar-refractivity contribution in [1.29, 1.82) is 0 Å². The zero-order valence-electron chi connectivity index (χ0n) is 10.2.